The fraction of sp³-hybridized carbons (Fsp3) is 0.545. The van der Waals surface area contributed by atoms with Crippen LogP contribution >= 0.6 is 35.3 Å². The maximum absolute atomic E-state index is 12.1. The standard InChI is InChI=1S/C11H18N4O2S2.HI/c1-15(19(16,17)10-3-2-8-18-10)7-6-13-11(12)14-9-4-5-9;/h2-3,8-9H,4-7H2,1H3,(H3,12,13,14);1H. The number of nitrogens with zero attached hydrogens (tertiary/aromatic N) is 2. The zero-order valence-electron chi connectivity index (χ0n) is 11.2. The molecule has 0 unspecified atom stereocenters. The molecule has 0 spiro atoms. The van der Waals surface area contributed by atoms with E-state index in [1.807, 2.05) is 0 Å². The van der Waals surface area contributed by atoms with E-state index >= 15 is 0 Å². The first-order valence-corrected chi connectivity index (χ1v) is 8.38. The minimum Gasteiger partial charge on any atom is -0.370 e. The minimum atomic E-state index is -3.38. The van der Waals surface area contributed by atoms with Gasteiger partial charge in [0.25, 0.3) is 10.0 Å². The Bertz CT molecular complexity index is 541. The number of rotatable bonds is 6. The van der Waals surface area contributed by atoms with Crippen LogP contribution in [0.15, 0.2) is 26.7 Å². The van der Waals surface area contributed by atoms with Crippen molar-refractivity contribution in [2.75, 3.05) is 20.1 Å². The molecule has 1 aliphatic rings. The van der Waals surface area contributed by atoms with Gasteiger partial charge in [0, 0.05) is 19.6 Å². The lowest BCUT2D eigenvalue weighted by Gasteiger charge is -2.14. The van der Waals surface area contributed by atoms with Crippen LogP contribution < -0.4 is 11.1 Å². The summed E-state index contributed by atoms with van der Waals surface area (Å²) in [4.78, 5) is 4.12. The van der Waals surface area contributed by atoms with Gasteiger partial charge >= 0.3 is 0 Å². The molecule has 0 radical (unpaired) electrons. The summed E-state index contributed by atoms with van der Waals surface area (Å²) in [6.07, 6.45) is 2.26. The number of sulfonamides is 1. The third kappa shape index (κ3) is 4.86. The number of halogens is 1. The van der Waals surface area contributed by atoms with Crippen LogP contribution in [0.2, 0.25) is 0 Å². The van der Waals surface area contributed by atoms with Gasteiger partial charge in [0.05, 0.1) is 6.54 Å². The van der Waals surface area contributed by atoms with E-state index in [0.29, 0.717) is 29.3 Å². The summed E-state index contributed by atoms with van der Waals surface area (Å²) in [7, 11) is -1.83. The molecule has 0 aromatic carbocycles. The Hall–Kier alpha value is -0.390. The number of likely N-dealkylation sites (N-methyl/N-ethyl adjacent to an activating group) is 1. The van der Waals surface area contributed by atoms with Crippen molar-refractivity contribution in [1.29, 1.82) is 0 Å². The number of hydrogen-bond acceptors (Lipinski definition) is 4. The van der Waals surface area contributed by atoms with Crippen LogP contribution in [-0.2, 0) is 10.0 Å². The molecule has 20 heavy (non-hydrogen) atoms. The molecule has 1 fully saturated rings. The van der Waals surface area contributed by atoms with Crippen molar-refractivity contribution in [3.8, 4) is 0 Å². The predicted molar refractivity (Wildman–Crippen MR) is 92.2 cm³/mol. The van der Waals surface area contributed by atoms with Crippen molar-refractivity contribution < 1.29 is 8.42 Å². The number of nitrogens with one attached hydrogen (secondary N) is 1. The van der Waals surface area contributed by atoms with Gasteiger partial charge < -0.3 is 11.1 Å². The molecular formula is C11H19IN4O2S2. The maximum atomic E-state index is 12.1. The van der Waals surface area contributed by atoms with Crippen LogP contribution in [0.4, 0.5) is 0 Å². The Morgan fingerprint density at radius 3 is 2.85 bits per heavy atom. The summed E-state index contributed by atoms with van der Waals surface area (Å²) in [6.45, 7) is 0.667. The van der Waals surface area contributed by atoms with Gasteiger partial charge in [-0.25, -0.2) is 8.42 Å². The molecule has 6 nitrogen and oxygen atoms in total. The first kappa shape index (κ1) is 17.7. The highest BCUT2D eigenvalue weighted by atomic mass is 127. The number of guanidine groups is 1. The van der Waals surface area contributed by atoms with E-state index in [1.165, 1.54) is 15.6 Å². The highest BCUT2D eigenvalue weighted by Crippen LogP contribution is 2.19. The highest BCUT2D eigenvalue weighted by Gasteiger charge is 2.22. The zero-order valence-corrected chi connectivity index (χ0v) is 15.1. The van der Waals surface area contributed by atoms with Gasteiger partial charge in [-0.1, -0.05) is 6.07 Å². The SMILES string of the molecule is CN(CCN=C(N)NC1CC1)S(=O)(=O)c1cccs1.I. The Morgan fingerprint density at radius 1 is 1.60 bits per heavy atom. The largest absolute Gasteiger partial charge is 0.370 e. The van der Waals surface area contributed by atoms with Crippen molar-refractivity contribution in [3.05, 3.63) is 17.5 Å². The van der Waals surface area contributed by atoms with E-state index in [1.54, 1.807) is 24.6 Å². The van der Waals surface area contributed by atoms with E-state index in [9.17, 15) is 8.42 Å². The van der Waals surface area contributed by atoms with Gasteiger partial charge in [-0.3, -0.25) is 4.99 Å². The molecule has 0 bridgehead atoms. The maximum Gasteiger partial charge on any atom is 0.252 e. The summed E-state index contributed by atoms with van der Waals surface area (Å²) < 4.78 is 25.8. The molecule has 9 heteroatoms. The molecule has 1 heterocycles. The normalized spacial score (nSPS) is 16.0. The lowest BCUT2D eigenvalue weighted by atomic mass is 10.6. The van der Waals surface area contributed by atoms with Crippen molar-refractivity contribution in [2.45, 2.75) is 23.1 Å². The number of aliphatic imine (C=N–C) groups is 1. The number of nitrogens with two attached hydrogens (primary N) is 1. The smallest absolute Gasteiger partial charge is 0.252 e. The first-order valence-electron chi connectivity index (χ1n) is 6.06. The van der Waals surface area contributed by atoms with E-state index in [0.717, 1.165) is 12.8 Å². The third-order valence-electron chi connectivity index (χ3n) is 2.79. The summed E-state index contributed by atoms with van der Waals surface area (Å²) in [5, 5.41) is 4.80. The fourth-order valence-corrected chi connectivity index (χ4v) is 3.84. The average Bonchev–Trinajstić information content (AvgIpc) is 2.97. The van der Waals surface area contributed by atoms with Crippen LogP contribution in [0, 0.1) is 0 Å². The Balaban J connectivity index is 0.00000200. The van der Waals surface area contributed by atoms with Crippen molar-refractivity contribution in [3.63, 3.8) is 0 Å². The van der Waals surface area contributed by atoms with Crippen LogP contribution in [0.1, 0.15) is 12.8 Å². The molecule has 1 aromatic heterocycles. The van der Waals surface area contributed by atoms with Crippen LogP contribution in [0.3, 0.4) is 0 Å². The molecule has 0 atom stereocenters. The van der Waals surface area contributed by atoms with E-state index < -0.39 is 10.0 Å². The van der Waals surface area contributed by atoms with Crippen molar-refractivity contribution in [2.24, 2.45) is 10.7 Å². The summed E-state index contributed by atoms with van der Waals surface area (Å²) in [5.74, 6) is 0.393. The fourth-order valence-electron chi connectivity index (χ4n) is 1.48. The lowest BCUT2D eigenvalue weighted by Crippen LogP contribution is -2.35. The molecule has 3 N–H and O–H groups in total. The van der Waals surface area contributed by atoms with E-state index in [2.05, 4.69) is 10.3 Å². The molecular weight excluding hydrogens is 411 g/mol. The second-order valence-electron chi connectivity index (χ2n) is 4.44. The molecule has 2 rings (SSSR count). The van der Waals surface area contributed by atoms with E-state index in [-0.39, 0.29) is 24.0 Å². The van der Waals surface area contributed by atoms with Gasteiger partial charge in [0.2, 0.25) is 0 Å². The van der Waals surface area contributed by atoms with Gasteiger partial charge in [-0.05, 0) is 24.3 Å². The highest BCUT2D eigenvalue weighted by molar-refractivity contribution is 14.0. The second-order valence-corrected chi connectivity index (χ2v) is 7.66. The van der Waals surface area contributed by atoms with Gasteiger partial charge in [0.1, 0.15) is 4.21 Å². The average molecular weight is 430 g/mol. The van der Waals surface area contributed by atoms with Crippen LogP contribution in [-0.4, -0.2) is 44.9 Å². The van der Waals surface area contributed by atoms with Gasteiger partial charge in [0.15, 0.2) is 5.96 Å². The predicted octanol–water partition coefficient (Wildman–Crippen LogP) is 1.05. The minimum absolute atomic E-state index is 0. The summed E-state index contributed by atoms with van der Waals surface area (Å²) in [5.41, 5.74) is 5.68. The first-order chi connectivity index (χ1) is 9.00. The Morgan fingerprint density at radius 2 is 2.30 bits per heavy atom. The monoisotopic (exact) mass is 430 g/mol. The number of hydrogen-bond donors (Lipinski definition) is 2. The number of thiophene rings is 1. The topological polar surface area (TPSA) is 87.8 Å². The van der Waals surface area contributed by atoms with Crippen LogP contribution in [0.25, 0.3) is 0 Å². The Labute approximate surface area is 140 Å². The lowest BCUT2D eigenvalue weighted by molar-refractivity contribution is 0.478. The van der Waals surface area contributed by atoms with Crippen molar-refractivity contribution in [1.82, 2.24) is 9.62 Å². The molecule has 0 saturated heterocycles. The quantitative estimate of drug-likeness (QED) is 0.401. The van der Waals surface area contributed by atoms with E-state index in [4.69, 9.17) is 5.73 Å². The molecule has 1 aromatic rings. The molecule has 114 valence electrons. The molecule has 0 aliphatic heterocycles. The van der Waals surface area contributed by atoms with Gasteiger partial charge in [-0.15, -0.1) is 35.3 Å². The van der Waals surface area contributed by atoms with Crippen molar-refractivity contribution >= 4 is 51.3 Å². The molecule has 0 amide bonds. The summed E-state index contributed by atoms with van der Waals surface area (Å²) in [6, 6.07) is 3.78. The summed E-state index contributed by atoms with van der Waals surface area (Å²) >= 11 is 1.21. The van der Waals surface area contributed by atoms with Crippen LogP contribution in [0.5, 0.6) is 0 Å². The van der Waals surface area contributed by atoms with Gasteiger partial charge in [-0.2, -0.15) is 4.31 Å². The zero-order chi connectivity index (χ0) is 13.9. The molecule has 1 saturated carbocycles. The Kier molecular flexibility index (Phi) is 6.69. The molecule has 1 aliphatic carbocycles. The second kappa shape index (κ2) is 7.57. The third-order valence-corrected chi connectivity index (χ3v) is 6.02.